The maximum Gasteiger partial charge on any atom is 0.247 e. The third-order valence-electron chi connectivity index (χ3n) is 13.0. The van der Waals surface area contributed by atoms with Crippen LogP contribution in [-0.4, -0.2) is 177 Å². The molecule has 2 fully saturated rings. The van der Waals surface area contributed by atoms with Crippen LogP contribution >= 0.6 is 0 Å². The Kier molecular flexibility index (Phi) is 21.7. The number of ether oxygens (including phenoxy) is 3. The van der Waals surface area contributed by atoms with E-state index in [0.29, 0.717) is 146 Å². The summed E-state index contributed by atoms with van der Waals surface area (Å²) in [5.74, 6) is 4.26. The van der Waals surface area contributed by atoms with Gasteiger partial charge in [-0.3, -0.25) is 9.59 Å². The molecule has 394 valence electrons. The fraction of sp³-hybridized carbons (Fsp3) is 0.653. The van der Waals surface area contributed by atoms with Crippen molar-refractivity contribution in [3.63, 3.8) is 0 Å². The third-order valence-corrected chi connectivity index (χ3v) is 13.0. The molecule has 4 aromatic rings. The van der Waals surface area contributed by atoms with E-state index in [1.165, 1.54) is 0 Å². The van der Waals surface area contributed by atoms with Crippen LogP contribution in [-0.2, 0) is 30.2 Å². The standard InChI is InChI=1S/C49H77N17O6/c1-6-25-70-27-29-72-30-28-71-26-16-53-47-54-48(63-21-17-61(18-22-63)45(68)43(10-8-9-15-50)65-33-41(57-59-65)39(51)31-35(3)4)56-49(55-47)64-23-19-62(20-24-64)46(69)44(36(5)7-2)66-34-42(58-60-66)40(52)32-37-11-13-38(67)14-12-37/h1,11-14,33-36,39-40,43-44,67H,7-10,15-32,50-52H2,2-5H3,(H,53,54,55,56)/t36-,39-,40-,43-,44-/m0/s1. The second-order valence-electron chi connectivity index (χ2n) is 18.9. The number of aromatic nitrogens is 9. The number of nitrogens with two attached hydrogens (primary N) is 3. The fourth-order valence-electron chi connectivity index (χ4n) is 8.69. The first-order valence-corrected chi connectivity index (χ1v) is 25.5. The van der Waals surface area contributed by atoms with Gasteiger partial charge in [-0.1, -0.05) is 62.6 Å². The van der Waals surface area contributed by atoms with Gasteiger partial charge in [-0.2, -0.15) is 15.0 Å². The monoisotopic (exact) mass is 1000 g/mol. The number of nitrogens with one attached hydrogen (secondary N) is 1. The summed E-state index contributed by atoms with van der Waals surface area (Å²) in [4.78, 5) is 51.3. The predicted octanol–water partition coefficient (Wildman–Crippen LogP) is 2.10. The minimum Gasteiger partial charge on any atom is -0.508 e. The van der Waals surface area contributed by atoms with E-state index in [4.69, 9.17) is 52.8 Å². The molecule has 0 bridgehead atoms. The average molecular weight is 1000 g/mol. The molecule has 23 nitrogen and oxygen atoms in total. The van der Waals surface area contributed by atoms with Crippen LogP contribution in [0.3, 0.4) is 0 Å². The van der Waals surface area contributed by atoms with E-state index in [9.17, 15) is 14.7 Å². The van der Waals surface area contributed by atoms with Crippen molar-refractivity contribution in [2.75, 3.05) is 120 Å². The van der Waals surface area contributed by atoms with Gasteiger partial charge < -0.3 is 61.4 Å². The van der Waals surface area contributed by atoms with Crippen LogP contribution in [0, 0.1) is 24.2 Å². The summed E-state index contributed by atoms with van der Waals surface area (Å²) in [5.41, 5.74) is 21.1. The largest absolute Gasteiger partial charge is 0.508 e. The van der Waals surface area contributed by atoms with Gasteiger partial charge in [0.2, 0.25) is 29.7 Å². The van der Waals surface area contributed by atoms with Crippen LogP contribution in [0.2, 0.25) is 0 Å². The Morgan fingerprint density at radius 3 is 1.93 bits per heavy atom. The van der Waals surface area contributed by atoms with Crippen LogP contribution in [0.4, 0.5) is 17.8 Å². The maximum atomic E-state index is 14.4. The number of carbonyl (C=O) groups is 2. The first-order chi connectivity index (χ1) is 34.9. The zero-order valence-electron chi connectivity index (χ0n) is 42.6. The number of unbranched alkanes of at least 4 members (excludes halogenated alkanes) is 1. The van der Waals surface area contributed by atoms with Crippen molar-refractivity contribution < 1.29 is 28.9 Å². The number of benzene rings is 1. The molecule has 2 aliphatic heterocycles. The van der Waals surface area contributed by atoms with Gasteiger partial charge in [-0.05, 0) is 68.2 Å². The van der Waals surface area contributed by atoms with Gasteiger partial charge in [0.25, 0.3) is 0 Å². The van der Waals surface area contributed by atoms with Crippen molar-refractivity contribution in [3.05, 3.63) is 53.6 Å². The van der Waals surface area contributed by atoms with Gasteiger partial charge >= 0.3 is 0 Å². The Bertz CT molecular complexity index is 2290. The lowest BCUT2D eigenvalue weighted by Gasteiger charge is -2.38. The predicted molar refractivity (Wildman–Crippen MR) is 273 cm³/mol. The second kappa shape index (κ2) is 28.3. The normalized spacial score (nSPS) is 16.4. The molecule has 8 N–H and O–H groups in total. The highest BCUT2D eigenvalue weighted by molar-refractivity contribution is 5.81. The molecule has 0 spiro atoms. The van der Waals surface area contributed by atoms with Crippen LogP contribution in [0.1, 0.15) is 101 Å². The second-order valence-corrected chi connectivity index (χ2v) is 18.9. The molecule has 1 aromatic carbocycles. The van der Waals surface area contributed by atoms with E-state index in [0.717, 1.165) is 31.2 Å². The van der Waals surface area contributed by atoms with Gasteiger partial charge in [0.1, 0.15) is 24.4 Å². The smallest absolute Gasteiger partial charge is 0.247 e. The van der Waals surface area contributed by atoms with Gasteiger partial charge in [-0.25, -0.2) is 9.36 Å². The van der Waals surface area contributed by atoms with Gasteiger partial charge in [-0.15, -0.1) is 16.6 Å². The number of hydrogen-bond donors (Lipinski definition) is 5. The SMILES string of the molecule is C#CCOCCOCCOCCNc1nc(N2CCN(C(=O)[C@H]([C@@H](C)CC)n3cc([C@@H](N)Cc4ccc(O)cc4)nn3)CC2)nc(N2CCN(C(=O)[C@H](CCCCN)n3cc([C@@H](N)CC(C)C)nn3)CC2)n1. The fourth-order valence-corrected chi connectivity index (χ4v) is 8.69. The van der Waals surface area contributed by atoms with E-state index in [-0.39, 0.29) is 36.1 Å². The molecular weight excluding hydrogens is 923 g/mol. The van der Waals surface area contributed by atoms with Gasteiger partial charge in [0.05, 0.1) is 68.9 Å². The van der Waals surface area contributed by atoms with Crippen molar-refractivity contribution in [1.82, 2.24) is 54.7 Å². The number of nitrogens with zero attached hydrogens (tertiary/aromatic N) is 13. The van der Waals surface area contributed by atoms with E-state index < -0.39 is 18.1 Å². The quantitative estimate of drug-likeness (QED) is 0.0385. The highest BCUT2D eigenvalue weighted by atomic mass is 16.5. The summed E-state index contributed by atoms with van der Waals surface area (Å²) < 4.78 is 19.9. The zero-order valence-corrected chi connectivity index (χ0v) is 42.6. The molecule has 2 amide bonds. The Balaban J connectivity index is 1.11. The Labute approximate surface area is 423 Å². The van der Waals surface area contributed by atoms with Crippen LogP contribution in [0.25, 0.3) is 0 Å². The number of phenols is 1. The molecule has 5 heterocycles. The molecule has 0 saturated carbocycles. The first kappa shape index (κ1) is 55.3. The molecule has 3 aromatic heterocycles. The average Bonchev–Trinajstić information content (AvgIpc) is 4.09. The van der Waals surface area contributed by atoms with Crippen molar-refractivity contribution in [2.45, 2.75) is 90.4 Å². The summed E-state index contributed by atoms with van der Waals surface area (Å²) >= 11 is 0. The summed E-state index contributed by atoms with van der Waals surface area (Å²) in [6, 6.07) is 5.10. The third kappa shape index (κ3) is 16.0. The highest BCUT2D eigenvalue weighted by Crippen LogP contribution is 2.28. The summed E-state index contributed by atoms with van der Waals surface area (Å²) in [6.07, 6.45) is 13.0. The molecule has 6 rings (SSSR count). The number of terminal acetylenes is 1. The Morgan fingerprint density at radius 2 is 1.33 bits per heavy atom. The van der Waals surface area contributed by atoms with Gasteiger partial charge in [0, 0.05) is 58.9 Å². The molecule has 0 radical (unpaired) electrons. The maximum absolute atomic E-state index is 14.4. The molecule has 5 atom stereocenters. The molecule has 0 unspecified atom stereocenters. The molecule has 2 saturated heterocycles. The van der Waals surface area contributed by atoms with Crippen molar-refractivity contribution >= 4 is 29.7 Å². The lowest BCUT2D eigenvalue weighted by atomic mass is 9.97. The summed E-state index contributed by atoms with van der Waals surface area (Å²) in [7, 11) is 0. The van der Waals surface area contributed by atoms with Crippen LogP contribution in [0.15, 0.2) is 36.7 Å². The topological polar surface area (TPSA) is 285 Å². The van der Waals surface area contributed by atoms with Gasteiger partial charge in [0.15, 0.2) is 0 Å². The van der Waals surface area contributed by atoms with Crippen molar-refractivity contribution in [2.24, 2.45) is 29.0 Å². The Hall–Kier alpha value is -6.03. The van der Waals surface area contributed by atoms with Crippen molar-refractivity contribution in [3.8, 4) is 18.1 Å². The lowest BCUT2D eigenvalue weighted by Crippen LogP contribution is -2.52. The summed E-state index contributed by atoms with van der Waals surface area (Å²) in [6.45, 7) is 15.3. The van der Waals surface area contributed by atoms with E-state index in [1.807, 2.05) is 35.1 Å². The molecule has 23 heteroatoms. The summed E-state index contributed by atoms with van der Waals surface area (Å²) in [5, 5.41) is 30.6. The number of carbonyl (C=O) groups excluding carboxylic acids is 2. The van der Waals surface area contributed by atoms with Crippen LogP contribution < -0.4 is 32.3 Å². The number of phenolic OH excluding ortho intramolecular Hbond substituents is 1. The number of piperazine rings is 2. The number of anilines is 3. The number of amides is 2. The van der Waals surface area contributed by atoms with Crippen molar-refractivity contribution in [1.29, 1.82) is 0 Å². The lowest BCUT2D eigenvalue weighted by molar-refractivity contribution is -0.137. The van der Waals surface area contributed by atoms with Crippen LogP contribution in [0.5, 0.6) is 5.75 Å². The number of aromatic hydroxyl groups is 1. The number of rotatable bonds is 29. The van der Waals surface area contributed by atoms with E-state index >= 15 is 0 Å². The molecule has 0 aliphatic carbocycles. The van der Waals surface area contributed by atoms with E-state index in [1.54, 1.807) is 27.7 Å². The van der Waals surface area contributed by atoms with E-state index in [2.05, 4.69) is 62.4 Å². The molecular formula is C49H77N17O6. The zero-order chi connectivity index (χ0) is 51.4. The first-order valence-electron chi connectivity index (χ1n) is 25.5. The molecule has 2 aliphatic rings. The number of hydrogen-bond acceptors (Lipinski definition) is 19. The molecule has 72 heavy (non-hydrogen) atoms. The highest BCUT2D eigenvalue weighted by Gasteiger charge is 2.35. The Morgan fingerprint density at radius 1 is 0.764 bits per heavy atom. The minimum absolute atomic E-state index is 0.0247. The minimum atomic E-state index is -0.571.